The molecule has 0 radical (unpaired) electrons. The van der Waals surface area contributed by atoms with Crippen molar-refractivity contribution in [3.05, 3.63) is 35.2 Å². The third-order valence-electron chi connectivity index (χ3n) is 6.41. The quantitative estimate of drug-likeness (QED) is 0.725. The average molecular weight is 383 g/mol. The van der Waals surface area contributed by atoms with E-state index in [9.17, 15) is 4.79 Å². The van der Waals surface area contributed by atoms with Gasteiger partial charge in [-0.25, -0.2) is 4.79 Å². The van der Waals surface area contributed by atoms with Crippen molar-refractivity contribution in [2.75, 3.05) is 6.54 Å². The first-order chi connectivity index (χ1) is 13.1. The van der Waals surface area contributed by atoms with E-state index in [1.165, 1.54) is 11.1 Å². The smallest absolute Gasteiger partial charge is 0.410 e. The summed E-state index contributed by atoms with van der Waals surface area (Å²) in [6.07, 6.45) is 1.55. The first-order valence-electron chi connectivity index (χ1n) is 10.0. The van der Waals surface area contributed by atoms with Crippen LogP contribution in [0.15, 0.2) is 22.6 Å². The van der Waals surface area contributed by atoms with E-state index < -0.39 is 5.60 Å². The highest BCUT2D eigenvalue weighted by molar-refractivity contribution is 5.69. The van der Waals surface area contributed by atoms with Gasteiger partial charge in [-0.2, -0.15) is 0 Å². The number of aryl methyl sites for hydroxylation is 1. The summed E-state index contributed by atoms with van der Waals surface area (Å²) in [5, 5.41) is 8.12. The second kappa shape index (κ2) is 6.33. The van der Waals surface area contributed by atoms with Gasteiger partial charge in [0, 0.05) is 25.1 Å². The van der Waals surface area contributed by atoms with Gasteiger partial charge in [-0.15, -0.1) is 10.2 Å². The van der Waals surface area contributed by atoms with Gasteiger partial charge >= 0.3 is 6.09 Å². The minimum absolute atomic E-state index is 0.00182. The summed E-state index contributed by atoms with van der Waals surface area (Å²) in [6, 6.07) is 6.55. The number of carbonyl (C=O) groups is 1. The number of rotatable bonds is 1. The second-order valence-electron chi connectivity index (χ2n) is 9.40. The standard InChI is InChI=1S/C22H29N3O3/c1-13-18-12-15-7-8-16(19-24-23-14(2)27-19)11-17(15)22(13,6)9-10-25(18)20(26)28-21(3,4)5/h7-8,11,13,18H,9-10,12H2,1-6H3/t13?,18?,22-/m1/s1. The molecule has 1 fully saturated rings. The molecule has 1 aliphatic carbocycles. The Bertz CT molecular complexity index is 914. The van der Waals surface area contributed by atoms with Crippen molar-refractivity contribution in [3.8, 4) is 11.5 Å². The highest BCUT2D eigenvalue weighted by Crippen LogP contribution is 2.49. The molecule has 1 aliphatic heterocycles. The van der Waals surface area contributed by atoms with Gasteiger partial charge in [0.15, 0.2) is 0 Å². The van der Waals surface area contributed by atoms with Crippen LogP contribution in [0.1, 0.15) is 58.1 Å². The van der Waals surface area contributed by atoms with Crippen molar-refractivity contribution in [1.29, 1.82) is 0 Å². The molecular weight excluding hydrogens is 354 g/mol. The molecule has 6 heteroatoms. The van der Waals surface area contributed by atoms with Gasteiger partial charge in [-0.1, -0.05) is 19.9 Å². The molecule has 2 bridgehead atoms. The monoisotopic (exact) mass is 383 g/mol. The third-order valence-corrected chi connectivity index (χ3v) is 6.41. The normalized spacial score (nSPS) is 26.7. The third kappa shape index (κ3) is 3.09. The molecule has 0 N–H and O–H groups in total. The summed E-state index contributed by atoms with van der Waals surface area (Å²) in [6.45, 7) is 12.8. The van der Waals surface area contributed by atoms with Gasteiger partial charge in [-0.3, -0.25) is 0 Å². The lowest BCUT2D eigenvalue weighted by atomic mass is 9.59. The van der Waals surface area contributed by atoms with E-state index in [4.69, 9.17) is 9.15 Å². The Morgan fingerprint density at radius 1 is 1.32 bits per heavy atom. The first kappa shape index (κ1) is 19.0. The largest absolute Gasteiger partial charge is 0.444 e. The van der Waals surface area contributed by atoms with Crippen molar-refractivity contribution in [1.82, 2.24) is 15.1 Å². The Balaban J connectivity index is 1.68. The number of hydrogen-bond acceptors (Lipinski definition) is 5. The lowest BCUT2D eigenvalue weighted by Gasteiger charge is -2.54. The maximum atomic E-state index is 12.8. The molecule has 1 saturated heterocycles. The van der Waals surface area contributed by atoms with Crippen LogP contribution in [0.2, 0.25) is 0 Å². The van der Waals surface area contributed by atoms with E-state index >= 15 is 0 Å². The summed E-state index contributed by atoms with van der Waals surface area (Å²) in [5.41, 5.74) is 3.11. The van der Waals surface area contributed by atoms with Crippen LogP contribution >= 0.6 is 0 Å². The van der Waals surface area contributed by atoms with Gasteiger partial charge in [-0.05, 0) is 68.2 Å². The fourth-order valence-corrected chi connectivity index (χ4v) is 4.71. The Hall–Kier alpha value is -2.37. The lowest BCUT2D eigenvalue weighted by Crippen LogP contribution is -2.60. The minimum Gasteiger partial charge on any atom is -0.444 e. The number of hydrogen-bond donors (Lipinski definition) is 0. The predicted octanol–water partition coefficient (Wildman–Crippen LogP) is 4.50. The zero-order valence-corrected chi connectivity index (χ0v) is 17.6. The van der Waals surface area contributed by atoms with Crippen LogP contribution < -0.4 is 0 Å². The zero-order chi connectivity index (χ0) is 20.3. The van der Waals surface area contributed by atoms with Gasteiger partial charge in [0.05, 0.1) is 0 Å². The van der Waals surface area contributed by atoms with Gasteiger partial charge < -0.3 is 14.1 Å². The molecule has 1 amide bonds. The van der Waals surface area contributed by atoms with Crippen LogP contribution in [-0.4, -0.2) is 39.4 Å². The highest BCUT2D eigenvalue weighted by atomic mass is 16.6. The molecule has 150 valence electrons. The van der Waals surface area contributed by atoms with Crippen LogP contribution in [0.5, 0.6) is 0 Å². The minimum atomic E-state index is -0.481. The molecule has 2 heterocycles. The number of benzene rings is 1. The maximum Gasteiger partial charge on any atom is 0.410 e. The number of likely N-dealkylation sites (tertiary alicyclic amines) is 1. The molecule has 2 aromatic rings. The topological polar surface area (TPSA) is 68.5 Å². The van der Waals surface area contributed by atoms with Crippen molar-refractivity contribution in [2.45, 2.75) is 71.4 Å². The molecule has 3 atom stereocenters. The molecule has 4 rings (SSSR count). The summed E-state index contributed by atoms with van der Waals surface area (Å²) in [5.74, 6) is 1.46. The van der Waals surface area contributed by atoms with Crippen molar-refractivity contribution in [3.63, 3.8) is 0 Å². The number of amides is 1. The molecule has 1 aromatic heterocycles. The van der Waals surface area contributed by atoms with E-state index in [2.05, 4.69) is 36.2 Å². The van der Waals surface area contributed by atoms with Crippen LogP contribution in [0.3, 0.4) is 0 Å². The molecule has 1 aromatic carbocycles. The number of fused-ring (bicyclic) bond motifs is 4. The molecule has 0 saturated carbocycles. The van der Waals surface area contributed by atoms with E-state index in [1.807, 2.05) is 31.7 Å². The summed E-state index contributed by atoms with van der Waals surface area (Å²) in [4.78, 5) is 14.7. The van der Waals surface area contributed by atoms with Crippen LogP contribution in [-0.2, 0) is 16.6 Å². The Morgan fingerprint density at radius 2 is 2.07 bits per heavy atom. The molecular formula is C22H29N3O3. The Kier molecular flexibility index (Phi) is 4.28. The number of aromatic nitrogens is 2. The number of carbonyl (C=O) groups excluding carboxylic acids is 1. The average Bonchev–Trinajstić information content (AvgIpc) is 3.02. The number of piperidine rings is 1. The van der Waals surface area contributed by atoms with Gasteiger partial charge in [0.1, 0.15) is 5.60 Å². The van der Waals surface area contributed by atoms with Crippen LogP contribution in [0.25, 0.3) is 11.5 Å². The van der Waals surface area contributed by atoms with Crippen molar-refractivity contribution in [2.24, 2.45) is 5.92 Å². The number of nitrogens with zero attached hydrogens (tertiary/aromatic N) is 3. The molecule has 0 spiro atoms. The first-order valence-corrected chi connectivity index (χ1v) is 10.0. The SMILES string of the molecule is Cc1nnc(-c2ccc3c(c2)[C@]2(C)CCN(C(=O)OC(C)(C)C)C(C3)C2C)o1. The Labute approximate surface area is 166 Å². The van der Waals surface area contributed by atoms with E-state index in [-0.39, 0.29) is 17.6 Å². The van der Waals surface area contributed by atoms with E-state index in [0.717, 1.165) is 18.4 Å². The van der Waals surface area contributed by atoms with Crippen molar-refractivity contribution < 1.29 is 13.9 Å². The second-order valence-corrected chi connectivity index (χ2v) is 9.40. The molecule has 2 aliphatic rings. The Morgan fingerprint density at radius 3 is 2.71 bits per heavy atom. The summed E-state index contributed by atoms with van der Waals surface area (Å²) < 4.78 is 11.3. The molecule has 28 heavy (non-hydrogen) atoms. The fourth-order valence-electron chi connectivity index (χ4n) is 4.71. The maximum absolute atomic E-state index is 12.8. The van der Waals surface area contributed by atoms with Crippen LogP contribution in [0.4, 0.5) is 4.79 Å². The molecule has 6 nitrogen and oxygen atoms in total. The van der Waals surface area contributed by atoms with Crippen molar-refractivity contribution >= 4 is 6.09 Å². The lowest BCUT2D eigenvalue weighted by molar-refractivity contribution is -0.0164. The summed E-state index contributed by atoms with van der Waals surface area (Å²) in [7, 11) is 0. The van der Waals surface area contributed by atoms with E-state index in [1.54, 1.807) is 6.92 Å². The number of ether oxygens (including phenoxy) is 1. The summed E-state index contributed by atoms with van der Waals surface area (Å²) >= 11 is 0. The predicted molar refractivity (Wildman–Crippen MR) is 106 cm³/mol. The van der Waals surface area contributed by atoms with Crippen LogP contribution in [0, 0.1) is 12.8 Å². The fraction of sp³-hybridized carbons (Fsp3) is 0.591. The zero-order valence-electron chi connectivity index (χ0n) is 17.6. The molecule has 2 unspecified atom stereocenters. The van der Waals surface area contributed by atoms with Gasteiger partial charge in [0.25, 0.3) is 0 Å². The van der Waals surface area contributed by atoms with E-state index in [0.29, 0.717) is 24.2 Å². The van der Waals surface area contributed by atoms with Gasteiger partial charge in [0.2, 0.25) is 11.8 Å². The highest BCUT2D eigenvalue weighted by Gasteiger charge is 2.50.